The highest BCUT2D eigenvalue weighted by Gasteiger charge is 2.57. The number of fused-ring (bicyclic) bond motifs is 1. The van der Waals surface area contributed by atoms with Gasteiger partial charge in [0.1, 0.15) is 0 Å². The molecule has 0 aromatic heterocycles. The van der Waals surface area contributed by atoms with Crippen molar-refractivity contribution in [3.8, 4) is 17.2 Å². The Morgan fingerprint density at radius 2 is 2.17 bits per heavy atom. The van der Waals surface area contributed by atoms with Crippen molar-refractivity contribution in [3.63, 3.8) is 0 Å². The summed E-state index contributed by atoms with van der Waals surface area (Å²) in [6.45, 7) is 5.50. The van der Waals surface area contributed by atoms with Gasteiger partial charge in [0, 0.05) is 0 Å². The van der Waals surface area contributed by atoms with E-state index in [0.29, 0.717) is 24.1 Å². The number of hydrogen-bond donors (Lipinski definition) is 1. The molecule has 4 heteroatoms. The molecule has 1 aliphatic carbocycles. The first-order valence-corrected chi connectivity index (χ1v) is 6.27. The molecule has 4 nitrogen and oxygen atoms in total. The lowest BCUT2D eigenvalue weighted by Gasteiger charge is -2.09. The monoisotopic (exact) mass is 249 g/mol. The third kappa shape index (κ3) is 1.48. The molecule has 0 bridgehead atoms. The van der Waals surface area contributed by atoms with Crippen LogP contribution in [0.15, 0.2) is 12.1 Å². The smallest absolute Gasteiger partial charge is 0.231 e. The van der Waals surface area contributed by atoms with Crippen molar-refractivity contribution < 1.29 is 14.2 Å². The van der Waals surface area contributed by atoms with Gasteiger partial charge in [0.15, 0.2) is 11.5 Å². The third-order valence-corrected chi connectivity index (χ3v) is 4.34. The summed E-state index contributed by atoms with van der Waals surface area (Å²) < 4.78 is 16.2. The summed E-state index contributed by atoms with van der Waals surface area (Å²) in [5.41, 5.74) is 7.32. The highest BCUT2D eigenvalue weighted by atomic mass is 16.7. The van der Waals surface area contributed by atoms with E-state index >= 15 is 0 Å². The van der Waals surface area contributed by atoms with E-state index in [-0.39, 0.29) is 12.2 Å². The first-order chi connectivity index (χ1) is 8.59. The average molecular weight is 249 g/mol. The van der Waals surface area contributed by atoms with Crippen LogP contribution in [0.2, 0.25) is 0 Å². The number of rotatable bonds is 3. The molecule has 1 heterocycles. The summed E-state index contributed by atoms with van der Waals surface area (Å²) in [7, 11) is 1.65. The Labute approximate surface area is 107 Å². The van der Waals surface area contributed by atoms with Gasteiger partial charge in [-0.2, -0.15) is 0 Å². The van der Waals surface area contributed by atoms with Crippen LogP contribution in [-0.4, -0.2) is 20.4 Å². The summed E-state index contributed by atoms with van der Waals surface area (Å²) in [4.78, 5) is 0. The molecule has 3 rings (SSSR count). The molecule has 1 fully saturated rings. The Morgan fingerprint density at radius 3 is 2.78 bits per heavy atom. The van der Waals surface area contributed by atoms with E-state index in [1.165, 1.54) is 5.56 Å². The lowest BCUT2D eigenvalue weighted by atomic mass is 10.0. The molecule has 0 amide bonds. The molecule has 1 aromatic carbocycles. The Bertz CT molecular complexity index is 484. The van der Waals surface area contributed by atoms with E-state index < -0.39 is 0 Å². The van der Waals surface area contributed by atoms with E-state index in [1.54, 1.807) is 7.11 Å². The standard InChI is InChI=1S/C14H19NO3/c1-14(2)9(6-15)12(14)8-4-10(16-3)13-11(5-8)17-7-18-13/h4-5,9,12H,6-7,15H2,1-3H3. The highest BCUT2D eigenvalue weighted by molar-refractivity contribution is 5.57. The predicted molar refractivity (Wildman–Crippen MR) is 68.2 cm³/mol. The number of benzene rings is 1. The van der Waals surface area contributed by atoms with Gasteiger partial charge in [-0.15, -0.1) is 0 Å². The fourth-order valence-electron chi connectivity index (χ4n) is 3.18. The lowest BCUT2D eigenvalue weighted by Crippen LogP contribution is -2.05. The molecule has 0 saturated heterocycles. The number of nitrogens with two attached hydrogens (primary N) is 1. The average Bonchev–Trinajstić information content (AvgIpc) is 2.73. The van der Waals surface area contributed by atoms with Crippen LogP contribution in [0.4, 0.5) is 0 Å². The topological polar surface area (TPSA) is 53.7 Å². The molecule has 0 spiro atoms. The Balaban J connectivity index is 2.00. The van der Waals surface area contributed by atoms with Gasteiger partial charge in [-0.1, -0.05) is 13.8 Å². The van der Waals surface area contributed by atoms with Crippen molar-refractivity contribution in [1.82, 2.24) is 0 Å². The largest absolute Gasteiger partial charge is 0.493 e. The molecular formula is C14H19NO3. The highest BCUT2D eigenvalue weighted by Crippen LogP contribution is 2.65. The zero-order chi connectivity index (χ0) is 12.9. The van der Waals surface area contributed by atoms with E-state index in [1.807, 2.05) is 0 Å². The number of ether oxygens (including phenoxy) is 3. The van der Waals surface area contributed by atoms with Gasteiger partial charge < -0.3 is 19.9 Å². The molecule has 2 aliphatic rings. The van der Waals surface area contributed by atoms with Crippen molar-refractivity contribution >= 4 is 0 Å². The van der Waals surface area contributed by atoms with E-state index in [4.69, 9.17) is 19.9 Å². The van der Waals surface area contributed by atoms with Crippen LogP contribution in [0, 0.1) is 11.3 Å². The third-order valence-electron chi connectivity index (χ3n) is 4.34. The second-order valence-electron chi connectivity index (χ2n) is 5.60. The fraction of sp³-hybridized carbons (Fsp3) is 0.571. The van der Waals surface area contributed by atoms with Gasteiger partial charge in [0.25, 0.3) is 0 Å². The van der Waals surface area contributed by atoms with Gasteiger partial charge in [-0.3, -0.25) is 0 Å². The Kier molecular flexibility index (Phi) is 2.45. The zero-order valence-electron chi connectivity index (χ0n) is 11.0. The molecule has 1 aliphatic heterocycles. The second kappa shape index (κ2) is 3.79. The van der Waals surface area contributed by atoms with Crippen molar-refractivity contribution in [2.24, 2.45) is 17.1 Å². The van der Waals surface area contributed by atoms with Crippen LogP contribution < -0.4 is 19.9 Å². The minimum Gasteiger partial charge on any atom is -0.493 e. The van der Waals surface area contributed by atoms with Crippen LogP contribution in [0.5, 0.6) is 17.2 Å². The van der Waals surface area contributed by atoms with Crippen LogP contribution in [0.3, 0.4) is 0 Å². The number of hydrogen-bond acceptors (Lipinski definition) is 4. The maximum atomic E-state index is 5.83. The summed E-state index contributed by atoms with van der Waals surface area (Å²) in [5.74, 6) is 3.25. The van der Waals surface area contributed by atoms with Crippen molar-refractivity contribution in [3.05, 3.63) is 17.7 Å². The van der Waals surface area contributed by atoms with Crippen LogP contribution in [-0.2, 0) is 0 Å². The van der Waals surface area contributed by atoms with Crippen molar-refractivity contribution in [1.29, 1.82) is 0 Å². The van der Waals surface area contributed by atoms with Crippen LogP contribution in [0.25, 0.3) is 0 Å². The molecule has 18 heavy (non-hydrogen) atoms. The van der Waals surface area contributed by atoms with E-state index in [0.717, 1.165) is 11.5 Å². The number of methoxy groups -OCH3 is 1. The Hall–Kier alpha value is -1.42. The zero-order valence-corrected chi connectivity index (χ0v) is 11.0. The van der Waals surface area contributed by atoms with Crippen molar-refractivity contribution in [2.45, 2.75) is 19.8 Å². The SMILES string of the molecule is COc1cc(C2C(CN)C2(C)C)cc2c1OCO2. The Morgan fingerprint density at radius 1 is 1.39 bits per heavy atom. The molecule has 98 valence electrons. The molecule has 2 atom stereocenters. The first-order valence-electron chi connectivity index (χ1n) is 6.27. The summed E-state index contributed by atoms with van der Waals surface area (Å²) in [5, 5.41) is 0. The minimum absolute atomic E-state index is 0.257. The fourth-order valence-corrected chi connectivity index (χ4v) is 3.18. The van der Waals surface area contributed by atoms with Gasteiger partial charge in [-0.05, 0) is 41.5 Å². The predicted octanol–water partition coefficient (Wildman–Crippen LogP) is 2.12. The minimum atomic E-state index is 0.257. The molecule has 1 aromatic rings. The second-order valence-corrected chi connectivity index (χ2v) is 5.60. The molecule has 1 saturated carbocycles. The van der Waals surface area contributed by atoms with Gasteiger partial charge >= 0.3 is 0 Å². The van der Waals surface area contributed by atoms with Crippen LogP contribution in [0.1, 0.15) is 25.3 Å². The van der Waals surface area contributed by atoms with Gasteiger partial charge in [-0.25, -0.2) is 0 Å². The van der Waals surface area contributed by atoms with Gasteiger partial charge in [0.05, 0.1) is 7.11 Å². The summed E-state index contributed by atoms with van der Waals surface area (Å²) in [6, 6.07) is 4.11. The molecule has 2 unspecified atom stereocenters. The summed E-state index contributed by atoms with van der Waals surface area (Å²) >= 11 is 0. The van der Waals surface area contributed by atoms with Gasteiger partial charge in [0.2, 0.25) is 12.5 Å². The lowest BCUT2D eigenvalue weighted by molar-refractivity contribution is 0.171. The molecular weight excluding hydrogens is 230 g/mol. The molecule has 2 N–H and O–H groups in total. The van der Waals surface area contributed by atoms with Crippen molar-refractivity contribution in [2.75, 3.05) is 20.4 Å². The first kappa shape index (κ1) is 11.7. The van der Waals surface area contributed by atoms with E-state index in [9.17, 15) is 0 Å². The van der Waals surface area contributed by atoms with Crippen LogP contribution >= 0.6 is 0 Å². The summed E-state index contributed by atoms with van der Waals surface area (Å²) in [6.07, 6.45) is 0. The maximum absolute atomic E-state index is 5.83. The molecule has 0 radical (unpaired) electrons. The maximum Gasteiger partial charge on any atom is 0.231 e. The van der Waals surface area contributed by atoms with E-state index in [2.05, 4.69) is 26.0 Å². The normalized spacial score (nSPS) is 27.1. The quantitative estimate of drug-likeness (QED) is 0.891.